The molecule has 1 atom stereocenters. The summed E-state index contributed by atoms with van der Waals surface area (Å²) < 4.78 is 37.2. The summed E-state index contributed by atoms with van der Waals surface area (Å²) in [6.07, 6.45) is 3.00. The van der Waals surface area contributed by atoms with E-state index in [1.165, 1.54) is 0 Å². The van der Waals surface area contributed by atoms with Gasteiger partial charge in [-0.25, -0.2) is 0 Å². The smallest absolute Gasteiger partial charge is 0.250 e. The molecule has 0 amide bonds. The van der Waals surface area contributed by atoms with Crippen molar-refractivity contribution in [2.75, 3.05) is 28.4 Å². The molecule has 0 spiro atoms. The van der Waals surface area contributed by atoms with Crippen LogP contribution in [0.1, 0.15) is 77.5 Å². The van der Waals surface area contributed by atoms with E-state index in [1.807, 2.05) is 18.2 Å². The number of rotatable bonds is 9. The van der Waals surface area contributed by atoms with E-state index < -0.39 is 22.2 Å². The minimum atomic E-state index is -2.34. The summed E-state index contributed by atoms with van der Waals surface area (Å²) in [6.45, 7) is 22.4. The van der Waals surface area contributed by atoms with E-state index in [0.717, 1.165) is 30.4 Å². The van der Waals surface area contributed by atoms with E-state index in [1.54, 1.807) is 28.4 Å². The van der Waals surface area contributed by atoms with Crippen LogP contribution in [-0.4, -0.2) is 50.2 Å². The lowest BCUT2D eigenvalue weighted by molar-refractivity contribution is 0.0694. The van der Waals surface area contributed by atoms with Crippen molar-refractivity contribution in [2.24, 2.45) is 0 Å². The Labute approximate surface area is 256 Å². The Morgan fingerprint density at radius 2 is 1.10 bits per heavy atom. The molecule has 0 saturated heterocycles. The maximum Gasteiger partial charge on any atom is 0.250 e. The molecule has 0 saturated carbocycles. The molecule has 42 heavy (non-hydrogen) atoms. The van der Waals surface area contributed by atoms with Crippen LogP contribution in [0.3, 0.4) is 0 Å². The Kier molecular flexibility index (Phi) is 9.72. The predicted octanol–water partition coefficient (Wildman–Crippen LogP) is 8.45. The Hall–Kier alpha value is -2.37. The fourth-order valence-electron chi connectivity index (χ4n) is 4.88. The van der Waals surface area contributed by atoms with Gasteiger partial charge in [0, 0.05) is 5.56 Å². The van der Waals surface area contributed by atoms with Crippen molar-refractivity contribution in [1.82, 2.24) is 0 Å². The minimum absolute atomic E-state index is 0.0318. The Balaban J connectivity index is 2.44. The van der Waals surface area contributed by atoms with Crippen molar-refractivity contribution in [3.05, 3.63) is 34.9 Å². The van der Waals surface area contributed by atoms with Crippen molar-refractivity contribution in [3.8, 4) is 34.5 Å². The highest BCUT2D eigenvalue weighted by molar-refractivity contribution is 6.75. The van der Waals surface area contributed by atoms with E-state index in [4.69, 9.17) is 27.8 Å². The predicted molar refractivity (Wildman–Crippen MR) is 175 cm³/mol. The zero-order valence-corrected chi connectivity index (χ0v) is 30.5. The molecule has 1 unspecified atom stereocenters. The van der Waals surface area contributed by atoms with Crippen LogP contribution < -0.4 is 27.8 Å². The Morgan fingerprint density at radius 1 is 0.643 bits per heavy atom. The van der Waals surface area contributed by atoms with Gasteiger partial charge in [-0.15, -0.1) is 0 Å². The van der Waals surface area contributed by atoms with Gasteiger partial charge in [0.2, 0.25) is 5.75 Å². The molecule has 2 aromatic rings. The number of ether oxygens (including phenoxy) is 4. The second-order valence-electron chi connectivity index (χ2n) is 14.5. The standard InChI is InChI=1S/C33H54O7Si2/c1-31(2,3)41(11,12)39-28-23-17-15-16-18-33(34,22-19-25(35-7)29(38-10)26(20-22)36-8)24(23)21-27(37-9)30(28)40-42(13,14)32(4,5)6/h19-21,34H,15-18H2,1-14H3. The molecule has 7 nitrogen and oxygen atoms in total. The largest absolute Gasteiger partial charge is 0.541 e. The number of methoxy groups -OCH3 is 4. The van der Waals surface area contributed by atoms with E-state index in [9.17, 15) is 5.11 Å². The average molecular weight is 619 g/mol. The number of hydrogen-bond donors (Lipinski definition) is 1. The molecule has 1 N–H and O–H groups in total. The molecule has 0 aliphatic heterocycles. The maximum atomic E-state index is 12.7. The third kappa shape index (κ3) is 6.29. The van der Waals surface area contributed by atoms with Crippen LogP contribution in [0, 0.1) is 0 Å². The first-order chi connectivity index (χ1) is 19.3. The van der Waals surface area contributed by atoms with Crippen LogP contribution in [0.5, 0.6) is 34.5 Å². The minimum Gasteiger partial charge on any atom is -0.541 e. The lowest BCUT2D eigenvalue weighted by Crippen LogP contribution is -2.46. The van der Waals surface area contributed by atoms with Gasteiger partial charge in [0.1, 0.15) is 5.60 Å². The van der Waals surface area contributed by atoms with Gasteiger partial charge in [0.15, 0.2) is 28.7 Å². The van der Waals surface area contributed by atoms with Crippen molar-refractivity contribution >= 4 is 16.6 Å². The molecular weight excluding hydrogens is 565 g/mol. The van der Waals surface area contributed by atoms with Crippen molar-refractivity contribution in [2.45, 2.75) is 109 Å². The molecule has 0 heterocycles. The second kappa shape index (κ2) is 12.0. The van der Waals surface area contributed by atoms with Crippen molar-refractivity contribution in [3.63, 3.8) is 0 Å². The first kappa shape index (κ1) is 34.1. The molecule has 2 aromatic carbocycles. The lowest BCUT2D eigenvalue weighted by atomic mass is 9.81. The van der Waals surface area contributed by atoms with Crippen molar-refractivity contribution < 1.29 is 32.9 Å². The maximum absolute atomic E-state index is 12.7. The van der Waals surface area contributed by atoms with Crippen LogP contribution in [0.15, 0.2) is 18.2 Å². The van der Waals surface area contributed by atoms with Gasteiger partial charge in [0.25, 0.3) is 16.6 Å². The highest BCUT2D eigenvalue weighted by Crippen LogP contribution is 2.55. The van der Waals surface area contributed by atoms with Crippen LogP contribution in [0.4, 0.5) is 0 Å². The first-order valence-corrected chi connectivity index (χ1v) is 20.7. The van der Waals surface area contributed by atoms with E-state index in [2.05, 4.69) is 67.7 Å². The average Bonchev–Trinajstić information content (AvgIpc) is 3.06. The topological polar surface area (TPSA) is 75.6 Å². The van der Waals surface area contributed by atoms with E-state index in [0.29, 0.717) is 46.5 Å². The van der Waals surface area contributed by atoms with Gasteiger partial charge >= 0.3 is 0 Å². The molecular formula is C33H54O7Si2. The Morgan fingerprint density at radius 3 is 1.52 bits per heavy atom. The molecule has 236 valence electrons. The highest BCUT2D eigenvalue weighted by atomic mass is 28.4. The van der Waals surface area contributed by atoms with Crippen LogP contribution in [-0.2, 0) is 12.0 Å². The molecule has 1 aliphatic carbocycles. The zero-order valence-electron chi connectivity index (χ0n) is 28.5. The van der Waals surface area contributed by atoms with E-state index in [-0.39, 0.29) is 10.1 Å². The van der Waals surface area contributed by atoms with Gasteiger partial charge in [-0.05, 0) is 91.3 Å². The van der Waals surface area contributed by atoms with Gasteiger partial charge in [-0.3, -0.25) is 0 Å². The van der Waals surface area contributed by atoms with Crippen LogP contribution in [0.2, 0.25) is 36.3 Å². The monoisotopic (exact) mass is 618 g/mol. The summed E-state index contributed by atoms with van der Waals surface area (Å²) in [7, 11) is 1.78. The summed E-state index contributed by atoms with van der Waals surface area (Å²) in [6, 6.07) is 5.65. The summed E-state index contributed by atoms with van der Waals surface area (Å²) in [5, 5.41) is 12.7. The van der Waals surface area contributed by atoms with Crippen molar-refractivity contribution in [1.29, 1.82) is 0 Å². The fourth-order valence-corrected chi connectivity index (χ4v) is 6.92. The second-order valence-corrected chi connectivity index (χ2v) is 23.9. The number of hydrogen-bond acceptors (Lipinski definition) is 7. The van der Waals surface area contributed by atoms with Crippen LogP contribution in [0.25, 0.3) is 0 Å². The molecule has 0 fully saturated rings. The summed E-state index contributed by atoms with van der Waals surface area (Å²) in [5.74, 6) is 3.41. The number of aliphatic hydroxyl groups is 1. The van der Waals surface area contributed by atoms with Crippen LogP contribution >= 0.6 is 0 Å². The SMILES string of the molecule is COc1cc(C2(O)CCCCc3c2cc(OC)c(O[Si](C)(C)C(C)(C)C)c3O[Si](C)(C)C(C)(C)C)cc(OC)c1OC. The molecule has 9 heteroatoms. The molecule has 0 aromatic heterocycles. The van der Waals surface area contributed by atoms with Gasteiger partial charge in [-0.2, -0.15) is 0 Å². The highest BCUT2D eigenvalue weighted by Gasteiger charge is 2.46. The third-order valence-electron chi connectivity index (χ3n) is 9.65. The molecule has 3 rings (SSSR count). The number of fused-ring (bicyclic) bond motifs is 1. The third-order valence-corrected chi connectivity index (χ3v) is 18.3. The summed E-state index contributed by atoms with van der Waals surface area (Å²) >= 11 is 0. The Bertz CT molecular complexity index is 1250. The van der Waals surface area contributed by atoms with E-state index >= 15 is 0 Å². The quantitative estimate of drug-likeness (QED) is 0.223. The molecule has 0 radical (unpaired) electrons. The zero-order chi connectivity index (χ0) is 31.9. The normalized spacial score (nSPS) is 18.1. The fraction of sp³-hybridized carbons (Fsp3) is 0.636. The van der Waals surface area contributed by atoms with Gasteiger partial charge in [-0.1, -0.05) is 41.5 Å². The summed E-state index contributed by atoms with van der Waals surface area (Å²) in [4.78, 5) is 0. The number of benzene rings is 2. The molecule has 1 aliphatic rings. The van der Waals surface area contributed by atoms with Gasteiger partial charge < -0.3 is 32.9 Å². The van der Waals surface area contributed by atoms with Gasteiger partial charge in [0.05, 0.1) is 28.4 Å². The lowest BCUT2D eigenvalue weighted by Gasteiger charge is -2.41. The summed E-state index contributed by atoms with van der Waals surface area (Å²) in [5.41, 5.74) is 1.05. The molecule has 0 bridgehead atoms. The first-order valence-electron chi connectivity index (χ1n) is 14.9.